The van der Waals surface area contributed by atoms with Crippen molar-refractivity contribution in [2.75, 3.05) is 6.54 Å². The van der Waals surface area contributed by atoms with Crippen molar-refractivity contribution in [1.29, 1.82) is 0 Å². The van der Waals surface area contributed by atoms with E-state index in [1.807, 2.05) is 0 Å². The van der Waals surface area contributed by atoms with E-state index >= 15 is 0 Å². The summed E-state index contributed by atoms with van der Waals surface area (Å²) >= 11 is 0. The minimum Gasteiger partial charge on any atom is -0.381 e. The smallest absolute Gasteiger partial charge is 0.251 e. The van der Waals surface area contributed by atoms with Crippen molar-refractivity contribution in [1.82, 2.24) is 5.32 Å². The summed E-state index contributed by atoms with van der Waals surface area (Å²) in [5.74, 6) is -0.277. The summed E-state index contributed by atoms with van der Waals surface area (Å²) in [6.07, 6.45) is 10.1. The minimum absolute atomic E-state index is 0.277. The summed E-state index contributed by atoms with van der Waals surface area (Å²) in [7, 11) is 0. The third-order valence-corrected chi connectivity index (χ3v) is 2.87. The lowest BCUT2D eigenvalue weighted by atomic mass is 10.1. The van der Waals surface area contributed by atoms with Gasteiger partial charge in [0.05, 0.1) is 0 Å². The van der Waals surface area contributed by atoms with E-state index in [2.05, 4.69) is 12.2 Å². The number of amides is 1. The molecule has 0 fully saturated rings. The normalized spacial score (nSPS) is 11.5. The Morgan fingerprint density at radius 2 is 1.47 bits per heavy atom. The Morgan fingerprint density at radius 1 is 1.00 bits per heavy atom. The van der Waals surface area contributed by atoms with Gasteiger partial charge in [0, 0.05) is 6.54 Å². The van der Waals surface area contributed by atoms with Gasteiger partial charge < -0.3 is 10.4 Å². The highest BCUT2D eigenvalue weighted by molar-refractivity contribution is 5.83. The van der Waals surface area contributed by atoms with Gasteiger partial charge in [-0.05, 0) is 20.3 Å². The van der Waals surface area contributed by atoms with Gasteiger partial charge in [-0.25, -0.2) is 0 Å². The minimum atomic E-state index is -1.25. The molecule has 0 unspecified atom stereocenters. The van der Waals surface area contributed by atoms with Crippen LogP contribution in [0.25, 0.3) is 0 Å². The van der Waals surface area contributed by atoms with Crippen molar-refractivity contribution in [3.05, 3.63) is 0 Å². The molecule has 102 valence electrons. The number of rotatable bonds is 10. The van der Waals surface area contributed by atoms with Crippen LogP contribution in [-0.4, -0.2) is 23.2 Å². The zero-order chi connectivity index (χ0) is 13.1. The lowest BCUT2D eigenvalue weighted by Crippen LogP contribution is -2.42. The zero-order valence-electron chi connectivity index (χ0n) is 11.7. The summed E-state index contributed by atoms with van der Waals surface area (Å²) in [4.78, 5) is 11.3. The molecule has 1 amide bonds. The van der Waals surface area contributed by atoms with E-state index in [1.54, 1.807) is 0 Å². The maximum atomic E-state index is 11.3. The summed E-state index contributed by atoms with van der Waals surface area (Å²) in [6, 6.07) is 0. The summed E-state index contributed by atoms with van der Waals surface area (Å²) in [5, 5.41) is 12.1. The number of unbranched alkanes of at least 4 members (excludes halogenated alkanes) is 7. The quantitative estimate of drug-likeness (QED) is 0.579. The van der Waals surface area contributed by atoms with Crippen LogP contribution in [0.15, 0.2) is 0 Å². The highest BCUT2D eigenvalue weighted by Crippen LogP contribution is 2.08. The van der Waals surface area contributed by atoms with Gasteiger partial charge in [0.1, 0.15) is 5.60 Å². The van der Waals surface area contributed by atoms with Gasteiger partial charge in [0.2, 0.25) is 0 Å². The van der Waals surface area contributed by atoms with Crippen LogP contribution >= 0.6 is 0 Å². The number of nitrogens with one attached hydrogen (secondary N) is 1. The number of carbonyl (C=O) groups excluding carboxylic acids is 1. The predicted molar refractivity (Wildman–Crippen MR) is 71.9 cm³/mol. The molecule has 0 saturated heterocycles. The first-order chi connectivity index (χ1) is 7.98. The summed E-state index contributed by atoms with van der Waals surface area (Å²) in [6.45, 7) is 5.93. The van der Waals surface area contributed by atoms with E-state index in [9.17, 15) is 9.90 Å². The van der Waals surface area contributed by atoms with Gasteiger partial charge in [0.25, 0.3) is 5.91 Å². The van der Waals surface area contributed by atoms with Crippen molar-refractivity contribution < 1.29 is 9.90 Å². The second kappa shape index (κ2) is 9.46. The van der Waals surface area contributed by atoms with Crippen LogP contribution in [0.5, 0.6) is 0 Å². The van der Waals surface area contributed by atoms with E-state index in [-0.39, 0.29) is 5.91 Å². The number of hydrogen-bond donors (Lipinski definition) is 2. The molecule has 2 N–H and O–H groups in total. The topological polar surface area (TPSA) is 49.3 Å². The standard InChI is InChI=1S/C14H29NO2/c1-4-5-6-7-8-9-10-11-12-15-13(16)14(2,3)17/h17H,4-12H2,1-3H3,(H,15,16). The highest BCUT2D eigenvalue weighted by atomic mass is 16.3. The van der Waals surface area contributed by atoms with Gasteiger partial charge in [-0.3, -0.25) is 4.79 Å². The van der Waals surface area contributed by atoms with Crippen molar-refractivity contribution in [3.63, 3.8) is 0 Å². The molecule has 0 aromatic rings. The fourth-order valence-corrected chi connectivity index (χ4v) is 1.68. The Balaban J connectivity index is 3.22. The Bertz CT molecular complexity index is 197. The molecule has 0 rings (SSSR count). The van der Waals surface area contributed by atoms with Crippen molar-refractivity contribution in [2.45, 2.75) is 77.7 Å². The first kappa shape index (κ1) is 16.4. The molecule has 17 heavy (non-hydrogen) atoms. The van der Waals surface area contributed by atoms with Crippen LogP contribution in [0.2, 0.25) is 0 Å². The third-order valence-electron chi connectivity index (χ3n) is 2.87. The molecule has 0 aliphatic carbocycles. The maximum Gasteiger partial charge on any atom is 0.251 e. The zero-order valence-corrected chi connectivity index (χ0v) is 11.7. The Labute approximate surface area is 106 Å². The van der Waals surface area contributed by atoms with Crippen LogP contribution in [0.1, 0.15) is 72.1 Å². The van der Waals surface area contributed by atoms with E-state index in [1.165, 1.54) is 52.4 Å². The molecule has 0 aromatic heterocycles. The van der Waals surface area contributed by atoms with Crippen molar-refractivity contribution in [2.24, 2.45) is 0 Å². The van der Waals surface area contributed by atoms with Gasteiger partial charge in [0.15, 0.2) is 0 Å². The average Bonchev–Trinajstić information content (AvgIpc) is 2.25. The Hall–Kier alpha value is -0.570. The van der Waals surface area contributed by atoms with Gasteiger partial charge >= 0.3 is 0 Å². The lowest BCUT2D eigenvalue weighted by Gasteiger charge is -2.16. The average molecular weight is 243 g/mol. The van der Waals surface area contributed by atoms with Crippen LogP contribution in [0.4, 0.5) is 0 Å². The molecule has 0 atom stereocenters. The molecule has 0 heterocycles. The Morgan fingerprint density at radius 3 is 1.94 bits per heavy atom. The molecule has 0 aliphatic rings. The predicted octanol–water partition coefficient (Wildman–Crippen LogP) is 3.01. The summed E-state index contributed by atoms with van der Waals surface area (Å²) < 4.78 is 0. The van der Waals surface area contributed by atoms with E-state index in [4.69, 9.17) is 0 Å². The SMILES string of the molecule is CCCCCCCCCCNC(=O)C(C)(C)O. The molecule has 0 saturated carbocycles. The van der Waals surface area contributed by atoms with E-state index in [0.29, 0.717) is 6.54 Å². The fraction of sp³-hybridized carbons (Fsp3) is 0.929. The number of hydrogen-bond acceptors (Lipinski definition) is 2. The van der Waals surface area contributed by atoms with Crippen LogP contribution in [0, 0.1) is 0 Å². The van der Waals surface area contributed by atoms with Crippen LogP contribution in [-0.2, 0) is 4.79 Å². The second-order valence-electron chi connectivity index (χ2n) is 5.29. The second-order valence-corrected chi connectivity index (χ2v) is 5.29. The Kier molecular flexibility index (Phi) is 9.14. The largest absolute Gasteiger partial charge is 0.381 e. The van der Waals surface area contributed by atoms with Crippen LogP contribution < -0.4 is 5.32 Å². The first-order valence-electron chi connectivity index (χ1n) is 6.99. The maximum absolute atomic E-state index is 11.3. The number of carbonyl (C=O) groups is 1. The molecule has 0 spiro atoms. The molecule has 0 radical (unpaired) electrons. The van der Waals surface area contributed by atoms with Gasteiger partial charge in [-0.2, -0.15) is 0 Å². The van der Waals surface area contributed by atoms with Crippen molar-refractivity contribution in [3.8, 4) is 0 Å². The number of aliphatic hydroxyl groups is 1. The van der Waals surface area contributed by atoms with Crippen molar-refractivity contribution >= 4 is 5.91 Å². The molecular weight excluding hydrogens is 214 g/mol. The molecular formula is C14H29NO2. The fourth-order valence-electron chi connectivity index (χ4n) is 1.68. The molecule has 0 aromatic carbocycles. The molecule has 0 bridgehead atoms. The van der Waals surface area contributed by atoms with E-state index in [0.717, 1.165) is 12.8 Å². The molecule has 0 aliphatic heterocycles. The van der Waals surface area contributed by atoms with E-state index < -0.39 is 5.60 Å². The monoisotopic (exact) mass is 243 g/mol. The highest BCUT2D eigenvalue weighted by Gasteiger charge is 2.22. The van der Waals surface area contributed by atoms with Crippen LogP contribution in [0.3, 0.4) is 0 Å². The molecule has 3 nitrogen and oxygen atoms in total. The van der Waals surface area contributed by atoms with Gasteiger partial charge in [-0.15, -0.1) is 0 Å². The van der Waals surface area contributed by atoms with Gasteiger partial charge in [-0.1, -0.05) is 51.9 Å². The molecule has 3 heteroatoms. The first-order valence-corrected chi connectivity index (χ1v) is 6.99. The third kappa shape index (κ3) is 10.3. The lowest BCUT2D eigenvalue weighted by molar-refractivity contribution is -0.136. The summed E-state index contributed by atoms with van der Waals surface area (Å²) in [5.41, 5.74) is -1.25.